The number of nitrogens with one attached hydrogen (secondary N) is 1. The second kappa shape index (κ2) is 9.71. The highest BCUT2D eigenvalue weighted by Gasteiger charge is 2.46. The molecule has 38 heavy (non-hydrogen) atoms. The van der Waals surface area contributed by atoms with Crippen molar-refractivity contribution in [1.82, 2.24) is 5.32 Å². The first kappa shape index (κ1) is 26.7. The Morgan fingerprint density at radius 1 is 0.921 bits per heavy atom. The third-order valence-corrected chi connectivity index (χ3v) is 8.36. The van der Waals surface area contributed by atoms with E-state index in [0.29, 0.717) is 30.9 Å². The lowest BCUT2D eigenvalue weighted by molar-refractivity contribution is -0.119. The molecule has 0 spiro atoms. The van der Waals surface area contributed by atoms with Crippen LogP contribution in [0.25, 0.3) is 0 Å². The number of methoxy groups -OCH3 is 1. The van der Waals surface area contributed by atoms with Crippen molar-refractivity contribution in [2.75, 3.05) is 7.11 Å². The first-order valence-electron chi connectivity index (χ1n) is 13.2. The second-order valence-corrected chi connectivity index (χ2v) is 13.4. The highest BCUT2D eigenvalue weighted by atomic mass is 79.9. The summed E-state index contributed by atoms with van der Waals surface area (Å²) in [6.07, 6.45) is 2.46. The summed E-state index contributed by atoms with van der Waals surface area (Å²) in [6.45, 7) is 11.0. The van der Waals surface area contributed by atoms with Crippen LogP contribution in [0.2, 0.25) is 0 Å². The Morgan fingerprint density at radius 3 is 2.08 bits per heavy atom. The molecular formula is C32H36BrNO4. The fourth-order valence-electron chi connectivity index (χ4n) is 6.23. The van der Waals surface area contributed by atoms with Crippen LogP contribution in [0, 0.1) is 17.8 Å². The standard InChI is InChI=1S/C32H36BrNO4/c1-18-8-7-9-19(10-18)17-38-30-21(33)11-20(12-26(30)37-6)27-28-22(13-31(2,3)15-24(28)35)34-23-14-32(4,5)16-25(36)29(23)27/h7-12,27,34H,13-17H2,1-6H3. The van der Waals surface area contributed by atoms with Gasteiger partial charge in [0, 0.05) is 41.3 Å². The molecule has 2 aromatic carbocycles. The van der Waals surface area contributed by atoms with Gasteiger partial charge < -0.3 is 14.8 Å². The largest absolute Gasteiger partial charge is 0.493 e. The molecule has 1 heterocycles. The maximum Gasteiger partial charge on any atom is 0.175 e. The monoisotopic (exact) mass is 577 g/mol. The molecule has 0 aromatic heterocycles. The topological polar surface area (TPSA) is 64.6 Å². The SMILES string of the molecule is COc1cc(C2C3=C(CC(C)(C)CC3=O)NC3=C2C(=O)CC(C)(C)C3)cc(Br)c1OCc1cccc(C)c1. The maximum atomic E-state index is 13.6. The summed E-state index contributed by atoms with van der Waals surface area (Å²) in [5.74, 6) is 0.949. The summed E-state index contributed by atoms with van der Waals surface area (Å²) in [4.78, 5) is 27.3. The summed E-state index contributed by atoms with van der Waals surface area (Å²) < 4.78 is 12.7. The van der Waals surface area contributed by atoms with Crippen LogP contribution in [-0.4, -0.2) is 18.7 Å². The first-order chi connectivity index (χ1) is 17.9. The molecule has 1 aliphatic heterocycles. The van der Waals surface area contributed by atoms with Crippen molar-refractivity contribution in [3.8, 4) is 11.5 Å². The van der Waals surface area contributed by atoms with E-state index in [1.54, 1.807) is 7.11 Å². The van der Waals surface area contributed by atoms with Crippen molar-refractivity contribution >= 4 is 27.5 Å². The Bertz CT molecular complexity index is 1350. The molecule has 0 unspecified atom stereocenters. The van der Waals surface area contributed by atoms with Crippen LogP contribution in [0.15, 0.2) is 63.4 Å². The quantitative estimate of drug-likeness (QED) is 0.403. The Hall–Kier alpha value is -2.86. The van der Waals surface area contributed by atoms with Crippen LogP contribution < -0.4 is 14.8 Å². The van der Waals surface area contributed by atoms with Crippen molar-refractivity contribution < 1.29 is 19.1 Å². The minimum Gasteiger partial charge on any atom is -0.493 e. The molecule has 200 valence electrons. The number of benzene rings is 2. The molecule has 3 aliphatic rings. The van der Waals surface area contributed by atoms with E-state index < -0.39 is 5.92 Å². The predicted molar refractivity (Wildman–Crippen MR) is 152 cm³/mol. The molecule has 5 rings (SSSR count). The van der Waals surface area contributed by atoms with Gasteiger partial charge >= 0.3 is 0 Å². The van der Waals surface area contributed by atoms with Crippen LogP contribution in [0.5, 0.6) is 11.5 Å². The zero-order valence-corrected chi connectivity index (χ0v) is 24.7. The molecular weight excluding hydrogens is 542 g/mol. The van der Waals surface area contributed by atoms with Gasteiger partial charge in [0.25, 0.3) is 0 Å². The van der Waals surface area contributed by atoms with E-state index in [0.717, 1.165) is 51.0 Å². The number of hydrogen-bond donors (Lipinski definition) is 1. The van der Waals surface area contributed by atoms with Crippen molar-refractivity contribution in [1.29, 1.82) is 0 Å². The molecule has 0 fully saturated rings. The van der Waals surface area contributed by atoms with E-state index >= 15 is 0 Å². The lowest BCUT2D eigenvalue weighted by atomic mass is 9.64. The molecule has 0 atom stereocenters. The molecule has 0 amide bonds. The van der Waals surface area contributed by atoms with Crippen LogP contribution in [0.4, 0.5) is 0 Å². The zero-order valence-electron chi connectivity index (χ0n) is 23.1. The molecule has 0 saturated heterocycles. The van der Waals surface area contributed by atoms with Gasteiger partial charge in [0.15, 0.2) is 23.1 Å². The smallest absolute Gasteiger partial charge is 0.175 e. The minimum atomic E-state index is -0.426. The van der Waals surface area contributed by atoms with Gasteiger partial charge in [0.2, 0.25) is 0 Å². The number of aryl methyl sites for hydroxylation is 1. The number of halogens is 1. The number of carbonyl (C=O) groups excluding carboxylic acids is 2. The van der Waals surface area contributed by atoms with Gasteiger partial charge in [-0.3, -0.25) is 9.59 Å². The fourth-order valence-corrected chi connectivity index (χ4v) is 6.80. The molecule has 0 bridgehead atoms. The summed E-state index contributed by atoms with van der Waals surface area (Å²) in [6, 6.07) is 12.1. The molecule has 1 N–H and O–H groups in total. The number of dihydropyridines is 1. The van der Waals surface area contributed by atoms with Gasteiger partial charge in [-0.2, -0.15) is 0 Å². The third-order valence-electron chi connectivity index (χ3n) is 7.77. The van der Waals surface area contributed by atoms with Crippen molar-refractivity contribution in [2.45, 2.75) is 72.8 Å². The number of Topliss-reactive ketones (excluding diaryl/α,β-unsaturated/α-hetero) is 2. The van der Waals surface area contributed by atoms with Crippen molar-refractivity contribution in [2.24, 2.45) is 10.8 Å². The van der Waals surface area contributed by atoms with Gasteiger partial charge in [-0.05, 0) is 69.8 Å². The average Bonchev–Trinajstić information content (AvgIpc) is 2.80. The van der Waals surface area contributed by atoms with Gasteiger partial charge in [0.1, 0.15) is 6.61 Å². The lowest BCUT2D eigenvalue weighted by Gasteiger charge is -2.44. The minimum absolute atomic E-state index is 0.104. The van der Waals surface area contributed by atoms with Crippen LogP contribution in [0.1, 0.15) is 76.0 Å². The highest BCUT2D eigenvalue weighted by Crippen LogP contribution is 2.52. The Labute approximate surface area is 233 Å². The Kier molecular flexibility index (Phi) is 6.83. The van der Waals surface area contributed by atoms with E-state index in [-0.39, 0.29) is 22.4 Å². The zero-order chi connectivity index (χ0) is 27.4. The molecule has 2 aromatic rings. The van der Waals surface area contributed by atoms with Gasteiger partial charge in [0.05, 0.1) is 11.6 Å². The van der Waals surface area contributed by atoms with E-state index in [9.17, 15) is 9.59 Å². The number of ketones is 2. The normalized spacial score (nSPS) is 20.6. The molecule has 6 heteroatoms. The Balaban J connectivity index is 1.60. The Morgan fingerprint density at radius 2 is 1.53 bits per heavy atom. The van der Waals surface area contributed by atoms with Gasteiger partial charge in [-0.25, -0.2) is 0 Å². The number of hydrogen-bond acceptors (Lipinski definition) is 5. The summed E-state index contributed by atoms with van der Waals surface area (Å²) in [7, 11) is 1.62. The van der Waals surface area contributed by atoms with Gasteiger partial charge in [-0.1, -0.05) is 57.5 Å². The van der Waals surface area contributed by atoms with Crippen LogP contribution >= 0.6 is 15.9 Å². The summed E-state index contributed by atoms with van der Waals surface area (Å²) in [5, 5.41) is 3.58. The molecule has 2 aliphatic carbocycles. The summed E-state index contributed by atoms with van der Waals surface area (Å²) >= 11 is 3.71. The number of rotatable bonds is 5. The predicted octanol–water partition coefficient (Wildman–Crippen LogP) is 7.32. The molecule has 0 saturated carbocycles. The third kappa shape index (κ3) is 5.07. The van der Waals surface area contributed by atoms with Crippen LogP contribution in [-0.2, 0) is 16.2 Å². The van der Waals surface area contributed by atoms with Crippen LogP contribution in [0.3, 0.4) is 0 Å². The van der Waals surface area contributed by atoms with Gasteiger partial charge in [-0.15, -0.1) is 0 Å². The lowest BCUT2D eigenvalue weighted by Crippen LogP contribution is -2.42. The van der Waals surface area contributed by atoms with E-state index in [4.69, 9.17) is 9.47 Å². The molecule has 0 radical (unpaired) electrons. The number of allylic oxidation sites excluding steroid dienone is 4. The summed E-state index contributed by atoms with van der Waals surface area (Å²) in [5.41, 5.74) is 6.18. The van der Waals surface area contributed by atoms with E-state index in [2.05, 4.69) is 68.0 Å². The molecule has 5 nitrogen and oxygen atoms in total. The first-order valence-corrected chi connectivity index (χ1v) is 14.0. The fraction of sp³-hybridized carbons (Fsp3) is 0.438. The van der Waals surface area contributed by atoms with Crippen molar-refractivity contribution in [3.05, 3.63) is 80.1 Å². The number of carbonyl (C=O) groups is 2. The average molecular weight is 579 g/mol. The maximum absolute atomic E-state index is 13.6. The van der Waals surface area contributed by atoms with E-state index in [1.165, 1.54) is 5.56 Å². The van der Waals surface area contributed by atoms with Crippen molar-refractivity contribution in [3.63, 3.8) is 0 Å². The second-order valence-electron chi connectivity index (χ2n) is 12.5. The van der Waals surface area contributed by atoms with E-state index in [1.807, 2.05) is 24.3 Å². The number of ether oxygens (including phenoxy) is 2. The highest BCUT2D eigenvalue weighted by molar-refractivity contribution is 9.10.